The molecule has 11 nitrogen and oxygen atoms in total. The predicted octanol–water partition coefficient (Wildman–Crippen LogP) is 5.22. The smallest absolute Gasteiger partial charge is 0.252 e. The molecule has 6 rings (SSSR count). The summed E-state index contributed by atoms with van der Waals surface area (Å²) in [6.07, 6.45) is 8.94. The fraction of sp³-hybridized carbons (Fsp3) is 0.767. The summed E-state index contributed by atoms with van der Waals surface area (Å²) in [7, 11) is 9.75. The van der Waals surface area contributed by atoms with Gasteiger partial charge in [0, 0.05) is 66.2 Å². The number of halogens is 1. The summed E-state index contributed by atoms with van der Waals surface area (Å²) in [5.41, 5.74) is 2.86. The van der Waals surface area contributed by atoms with E-state index < -0.39 is 24.2 Å². The van der Waals surface area contributed by atoms with Crippen LogP contribution < -0.4 is 10.6 Å². The predicted molar refractivity (Wildman–Crippen MR) is 220 cm³/mol. The molecule has 12 heteroatoms. The summed E-state index contributed by atoms with van der Waals surface area (Å²) < 4.78 is 7.09. The Morgan fingerprint density at radius 3 is 2.40 bits per heavy atom. The van der Waals surface area contributed by atoms with Crippen LogP contribution in [0.2, 0.25) is 0 Å². The molecule has 0 aromatic rings. The molecule has 1 aliphatic heterocycles. The van der Waals surface area contributed by atoms with Crippen LogP contribution in [0.1, 0.15) is 80.6 Å². The first kappa shape index (κ1) is 43.9. The lowest BCUT2D eigenvalue weighted by atomic mass is 9.45. The number of hydroxylamine groups is 2. The Labute approximate surface area is 339 Å². The topological polar surface area (TPSA) is 127 Å². The van der Waals surface area contributed by atoms with Gasteiger partial charge in [-0.3, -0.25) is 14.4 Å². The highest BCUT2D eigenvalue weighted by atomic mass is 79.9. The number of ether oxygens (including phenoxy) is 1. The fourth-order valence-electron chi connectivity index (χ4n) is 10.4. The second kappa shape index (κ2) is 17.3. The summed E-state index contributed by atoms with van der Waals surface area (Å²) >= 11 is 3.94. The Balaban J connectivity index is 1.43. The summed E-state index contributed by atoms with van der Waals surface area (Å²) in [5.74, 6) is 1.16. The summed E-state index contributed by atoms with van der Waals surface area (Å²) in [6.45, 7) is 15.8. The second-order valence-electron chi connectivity index (χ2n) is 19.4. The summed E-state index contributed by atoms with van der Waals surface area (Å²) in [4.78, 5) is 39.0. The lowest BCUT2D eigenvalue weighted by molar-refractivity contribution is -0.173. The van der Waals surface area contributed by atoms with Gasteiger partial charge in [-0.05, 0) is 87.8 Å². The van der Waals surface area contributed by atoms with Crippen LogP contribution >= 0.6 is 15.9 Å². The number of hydrogen-bond acceptors (Lipinski definition) is 9. The van der Waals surface area contributed by atoms with E-state index in [9.17, 15) is 19.8 Å². The fourth-order valence-corrected chi connectivity index (χ4v) is 11.2. The average molecular weight is 833 g/mol. The van der Waals surface area contributed by atoms with E-state index in [-0.39, 0.29) is 59.7 Å². The van der Waals surface area contributed by atoms with Gasteiger partial charge in [0.2, 0.25) is 5.91 Å². The number of carbonyl (C=O) groups excluding carboxylic acids is 2. The molecule has 1 saturated heterocycles. The minimum Gasteiger partial charge on any atom is -0.500 e. The maximum Gasteiger partial charge on any atom is 0.252 e. The lowest BCUT2D eigenvalue weighted by Gasteiger charge is -2.62. The normalized spacial score (nSPS) is 33.2. The van der Waals surface area contributed by atoms with Gasteiger partial charge in [0.25, 0.3) is 5.91 Å². The van der Waals surface area contributed by atoms with Crippen molar-refractivity contribution in [3.05, 3.63) is 45.3 Å². The van der Waals surface area contributed by atoms with Crippen molar-refractivity contribution in [1.82, 2.24) is 25.5 Å². The third-order valence-corrected chi connectivity index (χ3v) is 14.4. The van der Waals surface area contributed by atoms with Crippen molar-refractivity contribution in [2.45, 2.75) is 111 Å². The Morgan fingerprint density at radius 1 is 1.16 bits per heavy atom. The van der Waals surface area contributed by atoms with Gasteiger partial charge in [-0.1, -0.05) is 69.6 Å². The van der Waals surface area contributed by atoms with Crippen LogP contribution in [0.5, 0.6) is 0 Å². The van der Waals surface area contributed by atoms with Crippen LogP contribution in [0.15, 0.2) is 45.3 Å². The van der Waals surface area contributed by atoms with E-state index in [2.05, 4.69) is 84.0 Å². The van der Waals surface area contributed by atoms with Crippen molar-refractivity contribution in [2.75, 3.05) is 55.0 Å². The average Bonchev–Trinajstić information content (AvgIpc) is 3.46. The number of allylic oxidation sites excluding steroid dienone is 4. The number of fused-ring (bicyclic) bond motifs is 2. The van der Waals surface area contributed by atoms with E-state index in [0.29, 0.717) is 36.2 Å². The van der Waals surface area contributed by atoms with Crippen molar-refractivity contribution < 1.29 is 29.4 Å². The van der Waals surface area contributed by atoms with Crippen molar-refractivity contribution in [3.63, 3.8) is 0 Å². The first-order valence-corrected chi connectivity index (χ1v) is 21.2. The Morgan fingerprint density at radius 2 is 1.85 bits per heavy atom. The molecule has 4 N–H and O–H groups in total. The number of nitrogens with one attached hydrogen (secondary N) is 2. The van der Waals surface area contributed by atoms with Crippen LogP contribution in [-0.4, -0.2) is 122 Å². The molecule has 2 amide bonds. The van der Waals surface area contributed by atoms with Crippen LogP contribution in [0.25, 0.3) is 0 Å². The quantitative estimate of drug-likeness (QED) is 0.187. The first-order chi connectivity index (χ1) is 25.7. The SMILES string of the molecule is COC1=C(CN2O[C@@H](CO)[C@@H]([C@H](C)O)[C@H]2C(=O)N[C@H]2C[C@H]3C[C@@H]([C@@H]2C)C3(C)C)C=CCC1C1CC(N(C)C)=CC(C(=O)N[C@H](CN(C)C)CC(C)(C)C)=C1Br. The Bertz CT molecular complexity index is 1550. The maximum atomic E-state index is 14.3. The van der Waals surface area contributed by atoms with Crippen molar-refractivity contribution in [1.29, 1.82) is 0 Å². The zero-order valence-corrected chi connectivity index (χ0v) is 37.1. The van der Waals surface area contributed by atoms with Gasteiger partial charge in [-0.2, -0.15) is 5.06 Å². The zero-order chi connectivity index (χ0) is 40.7. The highest BCUT2D eigenvalue weighted by Crippen LogP contribution is 2.61. The first-order valence-electron chi connectivity index (χ1n) is 20.4. The lowest BCUT2D eigenvalue weighted by Crippen LogP contribution is -2.62. The van der Waals surface area contributed by atoms with Crippen LogP contribution in [0.4, 0.5) is 0 Å². The number of methoxy groups -OCH3 is 1. The number of nitrogens with zero attached hydrogens (tertiary/aromatic N) is 3. The Kier molecular flexibility index (Phi) is 13.8. The maximum absolute atomic E-state index is 14.3. The number of aliphatic hydroxyl groups is 2. The van der Waals surface area contributed by atoms with Gasteiger partial charge < -0.3 is 35.4 Å². The molecule has 310 valence electrons. The van der Waals surface area contributed by atoms with Crippen LogP contribution in [-0.2, 0) is 19.2 Å². The van der Waals surface area contributed by atoms with Gasteiger partial charge in [-0.25, -0.2) is 0 Å². The third kappa shape index (κ3) is 9.41. The van der Waals surface area contributed by atoms with Gasteiger partial charge in [0.15, 0.2) is 0 Å². The largest absolute Gasteiger partial charge is 0.500 e. The molecule has 0 radical (unpaired) electrons. The molecule has 0 aromatic heterocycles. The molecule has 11 atom stereocenters. The number of carbonyl (C=O) groups is 2. The number of aliphatic hydroxyl groups excluding tert-OH is 2. The third-order valence-electron chi connectivity index (χ3n) is 13.4. The van der Waals surface area contributed by atoms with E-state index in [4.69, 9.17) is 9.57 Å². The monoisotopic (exact) mass is 831 g/mol. The van der Waals surface area contributed by atoms with Crippen molar-refractivity contribution in [3.8, 4) is 0 Å². The minimum atomic E-state index is -0.885. The van der Waals surface area contributed by atoms with Gasteiger partial charge in [0.05, 0.1) is 31.9 Å². The van der Waals surface area contributed by atoms with E-state index in [1.54, 1.807) is 19.1 Å². The van der Waals surface area contributed by atoms with Crippen LogP contribution in [0, 0.1) is 46.3 Å². The number of likely N-dealkylation sites (N-methyl/N-ethyl adjacent to an activating group) is 1. The molecular formula is C43H70BrN5O6. The molecular weight excluding hydrogens is 762 g/mol. The molecule has 3 saturated carbocycles. The molecule has 6 aliphatic rings. The number of rotatable bonds is 14. The van der Waals surface area contributed by atoms with Crippen molar-refractivity contribution >= 4 is 27.7 Å². The molecule has 1 heterocycles. The van der Waals surface area contributed by atoms with Gasteiger partial charge in [0.1, 0.15) is 17.9 Å². The zero-order valence-electron chi connectivity index (χ0n) is 35.5. The minimum absolute atomic E-state index is 0.0248. The second-order valence-corrected chi connectivity index (χ2v) is 20.2. The summed E-state index contributed by atoms with van der Waals surface area (Å²) in [6, 6.07) is -0.782. The standard InChI is InChI=1S/C43H70BrN5O6/c1-24-33-16-27(43(33,6)7)17-34(24)46-41(53)38-36(25(2)51)35(23-50)55-49(38)21-26-14-13-15-30(39(26)54-12)31-18-29(48(10)11)19-32(37(31)44)40(52)45-28(22-47(8)9)20-42(3,4)5/h13-14,19,24-25,27-28,30-31,33-36,38,50-51H,15-18,20-23H2,1-12H3,(H,45,52)(H,46,53)/t24-,25-,27+,28-,30?,31?,33-,34-,35-,36+,38-/m0/s1. The summed E-state index contributed by atoms with van der Waals surface area (Å²) in [5, 5.41) is 29.8. The van der Waals surface area contributed by atoms with Gasteiger partial charge >= 0.3 is 0 Å². The van der Waals surface area contributed by atoms with Gasteiger partial charge in [-0.15, -0.1) is 0 Å². The Hall–Kier alpha value is -2.22. The molecule has 5 aliphatic carbocycles. The van der Waals surface area contributed by atoms with E-state index in [0.717, 1.165) is 40.9 Å². The van der Waals surface area contributed by atoms with Crippen molar-refractivity contribution in [2.24, 2.45) is 46.3 Å². The van der Waals surface area contributed by atoms with E-state index >= 15 is 0 Å². The van der Waals surface area contributed by atoms with Crippen LogP contribution in [0.3, 0.4) is 0 Å². The molecule has 4 fully saturated rings. The number of hydrogen-bond donors (Lipinski definition) is 4. The molecule has 55 heavy (non-hydrogen) atoms. The molecule has 0 spiro atoms. The molecule has 2 bridgehead atoms. The van der Waals surface area contributed by atoms with E-state index in [1.807, 2.05) is 40.3 Å². The molecule has 2 unspecified atom stereocenters. The van der Waals surface area contributed by atoms with E-state index in [1.165, 1.54) is 6.42 Å². The highest BCUT2D eigenvalue weighted by molar-refractivity contribution is 9.11. The number of amides is 2. The highest BCUT2D eigenvalue weighted by Gasteiger charge is 2.57. The molecule has 0 aromatic carbocycles.